The number of nitrogens with zero attached hydrogens (tertiary/aromatic N) is 1. The van der Waals surface area contributed by atoms with Gasteiger partial charge in [-0.25, -0.2) is 0 Å². The zero-order valence-corrected chi connectivity index (χ0v) is 8.81. The van der Waals surface area contributed by atoms with E-state index in [1.54, 1.807) is 10.4 Å². The lowest BCUT2D eigenvalue weighted by atomic mass is 9.97. The van der Waals surface area contributed by atoms with Crippen molar-refractivity contribution in [2.75, 3.05) is 13.6 Å². The first-order valence-corrected chi connectivity index (χ1v) is 6.01. The molecule has 0 amide bonds. The van der Waals surface area contributed by atoms with Crippen LogP contribution in [-0.4, -0.2) is 18.5 Å². The van der Waals surface area contributed by atoms with Crippen LogP contribution in [0.5, 0.6) is 0 Å². The minimum atomic E-state index is 0.759. The molecular formula is C11H15NS. The molecule has 0 radical (unpaired) electrons. The molecule has 1 atom stereocenters. The van der Waals surface area contributed by atoms with E-state index in [0.717, 1.165) is 12.0 Å². The van der Waals surface area contributed by atoms with Gasteiger partial charge in [0.15, 0.2) is 0 Å². The fourth-order valence-electron chi connectivity index (χ4n) is 2.50. The summed E-state index contributed by atoms with van der Waals surface area (Å²) in [5.41, 5.74) is 1.64. The van der Waals surface area contributed by atoms with E-state index >= 15 is 0 Å². The van der Waals surface area contributed by atoms with Crippen molar-refractivity contribution in [1.82, 2.24) is 4.90 Å². The largest absolute Gasteiger partial charge is 0.299 e. The summed E-state index contributed by atoms with van der Waals surface area (Å²) in [6.07, 6.45) is 4.17. The Morgan fingerprint density at radius 2 is 2.31 bits per heavy atom. The average molecular weight is 193 g/mol. The molecule has 1 aromatic heterocycles. The smallest absolute Gasteiger partial charge is 0.0384 e. The number of likely N-dealkylation sites (N-methyl/N-ethyl adjacent to an activating group) is 1. The maximum absolute atomic E-state index is 2.55. The number of hydrogen-bond donors (Lipinski definition) is 0. The van der Waals surface area contributed by atoms with E-state index in [-0.39, 0.29) is 0 Å². The van der Waals surface area contributed by atoms with Crippen LogP contribution in [0.25, 0.3) is 0 Å². The van der Waals surface area contributed by atoms with Gasteiger partial charge in [-0.3, -0.25) is 4.90 Å². The molecule has 0 saturated heterocycles. The summed E-state index contributed by atoms with van der Waals surface area (Å²) in [6.45, 7) is 1.26. The topological polar surface area (TPSA) is 3.24 Å². The van der Waals surface area contributed by atoms with Crippen LogP contribution in [0.3, 0.4) is 0 Å². The van der Waals surface area contributed by atoms with Gasteiger partial charge < -0.3 is 0 Å². The molecule has 1 aromatic rings. The first kappa shape index (κ1) is 8.01. The molecule has 1 unspecified atom stereocenters. The fourth-order valence-corrected chi connectivity index (χ4v) is 3.41. The van der Waals surface area contributed by atoms with Crippen molar-refractivity contribution in [1.29, 1.82) is 0 Å². The van der Waals surface area contributed by atoms with Gasteiger partial charge in [0.25, 0.3) is 0 Å². The normalized spacial score (nSPS) is 28.8. The first-order chi connectivity index (χ1) is 6.36. The van der Waals surface area contributed by atoms with E-state index < -0.39 is 0 Å². The molecule has 13 heavy (non-hydrogen) atoms. The molecule has 3 rings (SSSR count). The van der Waals surface area contributed by atoms with Crippen LogP contribution in [0.4, 0.5) is 0 Å². The molecule has 0 spiro atoms. The fraction of sp³-hybridized carbons (Fsp3) is 0.636. The van der Waals surface area contributed by atoms with Gasteiger partial charge in [-0.1, -0.05) is 0 Å². The minimum Gasteiger partial charge on any atom is -0.299 e. The summed E-state index contributed by atoms with van der Waals surface area (Å²) in [7, 11) is 2.28. The summed E-state index contributed by atoms with van der Waals surface area (Å²) in [5.74, 6) is 0.971. The molecule has 2 aliphatic rings. The van der Waals surface area contributed by atoms with E-state index in [1.165, 1.54) is 25.8 Å². The second kappa shape index (κ2) is 2.82. The molecule has 0 bridgehead atoms. The molecule has 2 heterocycles. The van der Waals surface area contributed by atoms with Gasteiger partial charge in [-0.2, -0.15) is 0 Å². The number of rotatable bonds is 1. The third kappa shape index (κ3) is 1.24. The van der Waals surface area contributed by atoms with Crippen molar-refractivity contribution in [3.63, 3.8) is 0 Å². The van der Waals surface area contributed by atoms with Crippen LogP contribution in [-0.2, 0) is 6.42 Å². The predicted octanol–water partition coefficient (Wildman–Crippen LogP) is 2.69. The van der Waals surface area contributed by atoms with Gasteiger partial charge in [0, 0.05) is 17.5 Å². The lowest BCUT2D eigenvalue weighted by Crippen LogP contribution is -2.32. The molecule has 1 saturated carbocycles. The number of fused-ring (bicyclic) bond motifs is 1. The monoisotopic (exact) mass is 193 g/mol. The Kier molecular flexibility index (Phi) is 1.74. The Labute approximate surface area is 83.4 Å². The van der Waals surface area contributed by atoms with E-state index in [2.05, 4.69) is 23.4 Å². The van der Waals surface area contributed by atoms with Gasteiger partial charge >= 0.3 is 0 Å². The highest BCUT2D eigenvalue weighted by atomic mass is 32.1. The van der Waals surface area contributed by atoms with Gasteiger partial charge in [0.2, 0.25) is 0 Å². The van der Waals surface area contributed by atoms with E-state index in [4.69, 9.17) is 0 Å². The first-order valence-electron chi connectivity index (χ1n) is 5.13. The third-order valence-corrected chi connectivity index (χ3v) is 4.33. The SMILES string of the molecule is CN1CCc2sccc2C1C1CC1. The van der Waals surface area contributed by atoms with Crippen molar-refractivity contribution in [2.24, 2.45) is 5.92 Å². The minimum absolute atomic E-state index is 0.759. The second-order valence-electron chi connectivity index (χ2n) is 4.31. The van der Waals surface area contributed by atoms with Crippen molar-refractivity contribution in [3.05, 3.63) is 21.9 Å². The summed E-state index contributed by atoms with van der Waals surface area (Å²) >= 11 is 1.95. The molecular weight excluding hydrogens is 178 g/mol. The van der Waals surface area contributed by atoms with Crippen LogP contribution >= 0.6 is 11.3 Å². The zero-order valence-electron chi connectivity index (χ0n) is 7.99. The summed E-state index contributed by atoms with van der Waals surface area (Å²) in [4.78, 5) is 4.20. The Morgan fingerprint density at radius 1 is 1.46 bits per heavy atom. The van der Waals surface area contributed by atoms with E-state index in [9.17, 15) is 0 Å². The van der Waals surface area contributed by atoms with Crippen LogP contribution in [0.2, 0.25) is 0 Å². The molecule has 1 aliphatic carbocycles. The van der Waals surface area contributed by atoms with Crippen LogP contribution in [0.15, 0.2) is 11.4 Å². The quantitative estimate of drug-likeness (QED) is 0.663. The van der Waals surface area contributed by atoms with Crippen molar-refractivity contribution in [3.8, 4) is 0 Å². The maximum atomic E-state index is 2.55. The number of hydrogen-bond acceptors (Lipinski definition) is 2. The second-order valence-corrected chi connectivity index (χ2v) is 5.31. The lowest BCUT2D eigenvalue weighted by Gasteiger charge is -2.32. The molecule has 1 fully saturated rings. The maximum Gasteiger partial charge on any atom is 0.0384 e. The molecule has 0 N–H and O–H groups in total. The Bertz CT molecular complexity index is 314. The highest BCUT2D eigenvalue weighted by molar-refractivity contribution is 7.10. The van der Waals surface area contributed by atoms with Crippen molar-refractivity contribution in [2.45, 2.75) is 25.3 Å². The summed E-state index contributed by atoms with van der Waals surface area (Å²) < 4.78 is 0. The van der Waals surface area contributed by atoms with E-state index in [1.807, 2.05) is 11.3 Å². The Balaban J connectivity index is 2.00. The molecule has 0 aromatic carbocycles. The zero-order chi connectivity index (χ0) is 8.84. The highest BCUT2D eigenvalue weighted by Crippen LogP contribution is 2.47. The van der Waals surface area contributed by atoms with Gasteiger partial charge in [-0.05, 0) is 49.2 Å². The molecule has 1 aliphatic heterocycles. The Morgan fingerprint density at radius 3 is 3.08 bits per heavy atom. The standard InChI is InChI=1S/C11H15NS/c1-12-6-4-10-9(5-7-13-10)11(12)8-2-3-8/h5,7-8,11H,2-4,6H2,1H3. The summed E-state index contributed by atoms with van der Waals surface area (Å²) in [6, 6.07) is 3.11. The third-order valence-electron chi connectivity index (χ3n) is 3.33. The van der Waals surface area contributed by atoms with Crippen LogP contribution < -0.4 is 0 Å². The average Bonchev–Trinajstić information content (AvgIpc) is 2.82. The van der Waals surface area contributed by atoms with E-state index in [0.29, 0.717) is 0 Å². The highest BCUT2D eigenvalue weighted by Gasteiger charge is 2.38. The molecule has 70 valence electrons. The lowest BCUT2D eigenvalue weighted by molar-refractivity contribution is 0.209. The number of thiophene rings is 1. The Hall–Kier alpha value is -0.340. The summed E-state index contributed by atoms with van der Waals surface area (Å²) in [5, 5.41) is 2.26. The van der Waals surface area contributed by atoms with Crippen molar-refractivity contribution >= 4 is 11.3 Å². The predicted molar refractivity (Wildman–Crippen MR) is 56.1 cm³/mol. The van der Waals surface area contributed by atoms with Gasteiger partial charge in [-0.15, -0.1) is 11.3 Å². The van der Waals surface area contributed by atoms with Crippen LogP contribution in [0, 0.1) is 5.92 Å². The molecule has 2 heteroatoms. The van der Waals surface area contributed by atoms with Crippen LogP contribution in [0.1, 0.15) is 29.3 Å². The molecule has 1 nitrogen and oxygen atoms in total. The van der Waals surface area contributed by atoms with Gasteiger partial charge in [0.1, 0.15) is 0 Å². The van der Waals surface area contributed by atoms with Gasteiger partial charge in [0.05, 0.1) is 0 Å². The van der Waals surface area contributed by atoms with Crippen molar-refractivity contribution < 1.29 is 0 Å².